The van der Waals surface area contributed by atoms with E-state index in [0.717, 1.165) is 25.7 Å². The summed E-state index contributed by atoms with van der Waals surface area (Å²) in [5, 5.41) is 0. The van der Waals surface area contributed by atoms with Crippen molar-refractivity contribution in [3.8, 4) is 0 Å². The van der Waals surface area contributed by atoms with Crippen LogP contribution in [0.2, 0.25) is 0 Å². The quantitative estimate of drug-likeness (QED) is 0.238. The van der Waals surface area contributed by atoms with Crippen LogP contribution in [0.3, 0.4) is 0 Å². The van der Waals surface area contributed by atoms with E-state index in [0.29, 0.717) is 25.9 Å². The Hall–Kier alpha value is -1.06. The highest BCUT2D eigenvalue weighted by Crippen LogP contribution is 2.09. The van der Waals surface area contributed by atoms with Gasteiger partial charge in [0.05, 0.1) is 12.7 Å². The smallest absolute Gasteiger partial charge is 0.306 e. The molecule has 0 N–H and O–H groups in total. The van der Waals surface area contributed by atoms with E-state index >= 15 is 0 Å². The average molecular weight is 357 g/mol. The highest BCUT2D eigenvalue weighted by molar-refractivity contribution is 5.72. The van der Waals surface area contributed by atoms with Crippen molar-refractivity contribution in [2.45, 2.75) is 117 Å². The van der Waals surface area contributed by atoms with E-state index in [9.17, 15) is 9.59 Å². The molecule has 0 amide bonds. The Morgan fingerprint density at radius 1 is 0.720 bits per heavy atom. The normalized spacial score (nSPS) is 12.0. The molecule has 0 aromatic rings. The van der Waals surface area contributed by atoms with Crippen LogP contribution >= 0.6 is 0 Å². The number of hydrogen-bond donors (Lipinski definition) is 0. The van der Waals surface area contributed by atoms with E-state index in [2.05, 4.69) is 13.8 Å². The zero-order valence-corrected chi connectivity index (χ0v) is 16.8. The van der Waals surface area contributed by atoms with E-state index in [1.165, 1.54) is 44.9 Å². The molecule has 0 aromatic heterocycles. The minimum Gasteiger partial charge on any atom is -0.466 e. The first-order valence-electron chi connectivity index (χ1n) is 10.4. The monoisotopic (exact) mass is 356 g/mol. The van der Waals surface area contributed by atoms with Gasteiger partial charge in [0.25, 0.3) is 0 Å². The van der Waals surface area contributed by atoms with Gasteiger partial charge in [-0.2, -0.15) is 0 Å². The van der Waals surface area contributed by atoms with Crippen molar-refractivity contribution < 1.29 is 19.1 Å². The predicted molar refractivity (Wildman–Crippen MR) is 102 cm³/mol. The maximum Gasteiger partial charge on any atom is 0.306 e. The summed E-state index contributed by atoms with van der Waals surface area (Å²) in [5.74, 6) is -0.404. The van der Waals surface area contributed by atoms with Gasteiger partial charge >= 0.3 is 11.9 Å². The fraction of sp³-hybridized carbons (Fsp3) is 0.905. The number of carbonyl (C=O) groups excluding carboxylic acids is 2. The van der Waals surface area contributed by atoms with Crippen molar-refractivity contribution in [3.05, 3.63) is 0 Å². The summed E-state index contributed by atoms with van der Waals surface area (Å²) in [6.45, 7) is 6.81. The van der Waals surface area contributed by atoms with Crippen LogP contribution in [0, 0.1) is 0 Å². The maximum absolute atomic E-state index is 11.7. The number of ether oxygens (including phenoxy) is 2. The lowest BCUT2D eigenvalue weighted by Gasteiger charge is -2.12. The van der Waals surface area contributed by atoms with Crippen LogP contribution in [0.1, 0.15) is 111 Å². The molecule has 0 saturated heterocycles. The molecule has 148 valence electrons. The zero-order valence-electron chi connectivity index (χ0n) is 16.8. The molecule has 4 nitrogen and oxygen atoms in total. The minimum absolute atomic E-state index is 0.0247. The number of unbranched alkanes of at least 4 members (excludes halogenated alkanes) is 8. The summed E-state index contributed by atoms with van der Waals surface area (Å²) in [6, 6.07) is 0. The first-order chi connectivity index (χ1) is 12.1. The second-order valence-electron chi connectivity index (χ2n) is 6.99. The fourth-order valence-electron chi connectivity index (χ4n) is 2.72. The summed E-state index contributed by atoms with van der Waals surface area (Å²) in [6.07, 6.45) is 13.9. The Morgan fingerprint density at radius 3 is 1.96 bits per heavy atom. The largest absolute Gasteiger partial charge is 0.466 e. The Bertz CT molecular complexity index is 328. The van der Waals surface area contributed by atoms with E-state index in [-0.39, 0.29) is 18.0 Å². The molecule has 4 heteroatoms. The van der Waals surface area contributed by atoms with Crippen LogP contribution < -0.4 is 0 Å². The highest BCUT2D eigenvalue weighted by atomic mass is 16.5. The Balaban J connectivity index is 3.46. The second-order valence-corrected chi connectivity index (χ2v) is 6.99. The molecule has 0 fully saturated rings. The Morgan fingerprint density at radius 2 is 1.28 bits per heavy atom. The van der Waals surface area contributed by atoms with Crippen LogP contribution in [0.4, 0.5) is 0 Å². The molecular weight excluding hydrogens is 316 g/mol. The van der Waals surface area contributed by atoms with Gasteiger partial charge in [-0.15, -0.1) is 0 Å². The van der Waals surface area contributed by atoms with Gasteiger partial charge in [-0.3, -0.25) is 9.59 Å². The molecule has 0 aliphatic rings. The first kappa shape index (κ1) is 23.9. The highest BCUT2D eigenvalue weighted by Gasteiger charge is 2.10. The van der Waals surface area contributed by atoms with Gasteiger partial charge < -0.3 is 9.47 Å². The maximum atomic E-state index is 11.7. The lowest BCUT2D eigenvalue weighted by molar-refractivity contribution is -0.149. The number of carbonyl (C=O) groups is 2. The number of esters is 2. The third-order valence-electron chi connectivity index (χ3n) is 4.32. The first-order valence-corrected chi connectivity index (χ1v) is 10.4. The summed E-state index contributed by atoms with van der Waals surface area (Å²) in [5.41, 5.74) is 0. The van der Waals surface area contributed by atoms with Crippen molar-refractivity contribution in [2.24, 2.45) is 0 Å². The molecule has 0 aliphatic carbocycles. The number of hydrogen-bond acceptors (Lipinski definition) is 4. The Labute approximate surface area is 155 Å². The van der Waals surface area contributed by atoms with E-state index in [1.807, 2.05) is 6.92 Å². The van der Waals surface area contributed by atoms with Crippen molar-refractivity contribution in [1.82, 2.24) is 0 Å². The SMILES string of the molecule is CCCCCCCCCOC(=O)CCCC(=O)OC(C)CCCCC. The van der Waals surface area contributed by atoms with Crippen LogP contribution in [-0.2, 0) is 19.1 Å². The zero-order chi connectivity index (χ0) is 18.8. The molecule has 0 aliphatic heterocycles. The molecule has 0 bridgehead atoms. The molecule has 0 spiro atoms. The molecule has 25 heavy (non-hydrogen) atoms. The average Bonchev–Trinajstić information content (AvgIpc) is 2.57. The lowest BCUT2D eigenvalue weighted by atomic mass is 10.1. The van der Waals surface area contributed by atoms with Gasteiger partial charge in [0.2, 0.25) is 0 Å². The van der Waals surface area contributed by atoms with Crippen LogP contribution in [0.5, 0.6) is 0 Å². The summed E-state index contributed by atoms with van der Waals surface area (Å²) >= 11 is 0. The van der Waals surface area contributed by atoms with Gasteiger partial charge in [0.15, 0.2) is 0 Å². The molecule has 0 rings (SSSR count). The predicted octanol–water partition coefficient (Wildman–Crippen LogP) is 5.96. The van der Waals surface area contributed by atoms with Crippen LogP contribution in [-0.4, -0.2) is 24.6 Å². The molecule has 1 unspecified atom stereocenters. The van der Waals surface area contributed by atoms with E-state index in [1.54, 1.807) is 0 Å². The minimum atomic E-state index is -0.205. The molecule has 0 saturated carbocycles. The summed E-state index contributed by atoms with van der Waals surface area (Å²) in [7, 11) is 0. The van der Waals surface area contributed by atoms with Crippen molar-refractivity contribution in [2.75, 3.05) is 6.61 Å². The fourth-order valence-corrected chi connectivity index (χ4v) is 2.72. The Kier molecular flexibility index (Phi) is 17.0. The second kappa shape index (κ2) is 17.8. The summed E-state index contributed by atoms with van der Waals surface area (Å²) in [4.78, 5) is 23.3. The van der Waals surface area contributed by atoms with Gasteiger partial charge in [-0.1, -0.05) is 65.2 Å². The molecule has 0 heterocycles. The topological polar surface area (TPSA) is 52.6 Å². The van der Waals surface area contributed by atoms with E-state index in [4.69, 9.17) is 9.47 Å². The van der Waals surface area contributed by atoms with Crippen LogP contribution in [0.15, 0.2) is 0 Å². The third-order valence-corrected chi connectivity index (χ3v) is 4.32. The molecule has 0 aromatic carbocycles. The molecule has 1 atom stereocenters. The van der Waals surface area contributed by atoms with Gasteiger partial charge in [-0.25, -0.2) is 0 Å². The van der Waals surface area contributed by atoms with Gasteiger partial charge in [-0.05, 0) is 32.6 Å². The number of rotatable bonds is 17. The van der Waals surface area contributed by atoms with Crippen molar-refractivity contribution in [1.29, 1.82) is 0 Å². The third kappa shape index (κ3) is 17.6. The van der Waals surface area contributed by atoms with E-state index < -0.39 is 0 Å². The van der Waals surface area contributed by atoms with Crippen molar-refractivity contribution >= 4 is 11.9 Å². The van der Waals surface area contributed by atoms with Gasteiger partial charge in [0, 0.05) is 12.8 Å². The lowest BCUT2D eigenvalue weighted by Crippen LogP contribution is -2.15. The molecular formula is C21H40O4. The molecule has 0 radical (unpaired) electrons. The van der Waals surface area contributed by atoms with Crippen molar-refractivity contribution in [3.63, 3.8) is 0 Å². The standard InChI is InChI=1S/C21H40O4/c1-4-6-8-9-10-11-13-18-24-20(22)16-14-17-21(23)25-19(3)15-12-7-5-2/h19H,4-18H2,1-3H3. The van der Waals surface area contributed by atoms with Gasteiger partial charge in [0.1, 0.15) is 0 Å². The van der Waals surface area contributed by atoms with Crippen LogP contribution in [0.25, 0.3) is 0 Å². The summed E-state index contributed by atoms with van der Waals surface area (Å²) < 4.78 is 10.5.